The summed E-state index contributed by atoms with van der Waals surface area (Å²) in [4.78, 5) is 26.3. The van der Waals surface area contributed by atoms with Gasteiger partial charge in [-0.25, -0.2) is 14.8 Å². The summed E-state index contributed by atoms with van der Waals surface area (Å²) >= 11 is 6.45. The number of aryl methyl sites for hydroxylation is 1. The van der Waals surface area contributed by atoms with E-state index < -0.39 is 6.10 Å². The van der Waals surface area contributed by atoms with Gasteiger partial charge in [0.1, 0.15) is 11.9 Å². The van der Waals surface area contributed by atoms with Crippen LogP contribution >= 0.6 is 11.6 Å². The second-order valence-electron chi connectivity index (χ2n) is 7.02. The van der Waals surface area contributed by atoms with Crippen molar-refractivity contribution >= 4 is 23.3 Å². The van der Waals surface area contributed by atoms with Crippen LogP contribution in [0.4, 0.5) is 5.69 Å². The highest BCUT2D eigenvalue weighted by atomic mass is 35.5. The van der Waals surface area contributed by atoms with E-state index >= 15 is 0 Å². The number of nitrogens with one attached hydrogen (secondary N) is 1. The third-order valence-corrected chi connectivity index (χ3v) is 5.10. The Morgan fingerprint density at radius 3 is 2.75 bits per heavy atom. The number of anilines is 1. The summed E-state index contributed by atoms with van der Waals surface area (Å²) in [6.45, 7) is 4.61. The highest BCUT2D eigenvalue weighted by Crippen LogP contribution is 2.40. The van der Waals surface area contributed by atoms with Gasteiger partial charge < -0.3 is 9.72 Å². The number of nitrogens with zero attached hydrogens (tertiary/aromatic N) is 2. The Labute approximate surface area is 171 Å². The molecule has 0 radical (unpaired) electrons. The topological polar surface area (TPSA) is 67.5 Å². The number of unbranched alkanes of at least 4 members (excludes halogenated alkanes) is 2. The van der Waals surface area contributed by atoms with Crippen molar-refractivity contribution in [3.63, 3.8) is 0 Å². The summed E-state index contributed by atoms with van der Waals surface area (Å²) in [7, 11) is 0. The van der Waals surface area contributed by atoms with Crippen LogP contribution in [0.1, 0.15) is 63.5 Å². The molecule has 0 unspecified atom stereocenters. The molecule has 2 heterocycles. The van der Waals surface area contributed by atoms with Crippen molar-refractivity contribution in [1.82, 2.24) is 9.97 Å². The van der Waals surface area contributed by atoms with E-state index in [0.717, 1.165) is 49.3 Å². The fourth-order valence-electron chi connectivity index (χ4n) is 3.25. The lowest BCUT2D eigenvalue weighted by molar-refractivity contribution is -0.155. The van der Waals surface area contributed by atoms with Crippen LogP contribution in [0, 0.1) is 0 Å². The van der Waals surface area contributed by atoms with E-state index in [0.29, 0.717) is 18.2 Å². The molecule has 2 atom stereocenters. The molecule has 152 valence electrons. The maximum Gasteiger partial charge on any atom is 0.338 e. The number of aromatic amines is 1. The molecule has 1 saturated heterocycles. The number of imidazole rings is 1. The quantitative estimate of drug-likeness (QED) is 0.469. The van der Waals surface area contributed by atoms with Gasteiger partial charge in [0.05, 0.1) is 18.0 Å². The zero-order valence-electron chi connectivity index (χ0n) is 16.5. The highest BCUT2D eigenvalue weighted by Gasteiger charge is 2.41. The smallest absolute Gasteiger partial charge is 0.338 e. The fraction of sp³-hybridized carbons (Fsp3) is 0.524. The van der Waals surface area contributed by atoms with Crippen molar-refractivity contribution < 1.29 is 14.4 Å². The van der Waals surface area contributed by atoms with E-state index in [1.807, 2.05) is 30.3 Å². The molecule has 7 heteroatoms. The standard InChI is InChI=1S/C21H28ClN3O3/c1-3-5-12-18-23-19(20(22)24-18)16-14-17(21(26)27-13-6-4-2)28-25(16)15-10-8-7-9-11-15/h7-11,16-17H,3-6,12-14H2,1-2H3,(H,23,24)/t16-,17+/m0/s1. The molecule has 1 aromatic carbocycles. The van der Waals surface area contributed by atoms with Gasteiger partial charge in [0, 0.05) is 12.8 Å². The number of hydrogen-bond donors (Lipinski definition) is 1. The van der Waals surface area contributed by atoms with Gasteiger partial charge in [-0.05, 0) is 25.0 Å². The molecule has 1 fully saturated rings. The van der Waals surface area contributed by atoms with Crippen LogP contribution in [-0.2, 0) is 20.8 Å². The SMILES string of the molecule is CCCCOC(=O)[C@H]1C[C@@H](c2[nH]c(CCCC)nc2Cl)N(c2ccccc2)O1. The molecular formula is C21H28ClN3O3. The Morgan fingerprint density at radius 2 is 2.04 bits per heavy atom. The van der Waals surface area contributed by atoms with Gasteiger partial charge in [-0.15, -0.1) is 0 Å². The van der Waals surface area contributed by atoms with Gasteiger partial charge in [0.25, 0.3) is 0 Å². The van der Waals surface area contributed by atoms with Crippen molar-refractivity contribution in [3.8, 4) is 0 Å². The van der Waals surface area contributed by atoms with Crippen molar-refractivity contribution in [1.29, 1.82) is 0 Å². The molecule has 1 aliphatic heterocycles. The first-order valence-electron chi connectivity index (χ1n) is 10.1. The molecule has 1 aliphatic rings. The van der Waals surface area contributed by atoms with Crippen molar-refractivity contribution in [2.75, 3.05) is 11.7 Å². The summed E-state index contributed by atoms with van der Waals surface area (Å²) in [6, 6.07) is 9.46. The van der Waals surface area contributed by atoms with Crippen molar-refractivity contribution in [3.05, 3.63) is 47.0 Å². The Morgan fingerprint density at radius 1 is 1.29 bits per heavy atom. The molecule has 3 rings (SSSR count). The largest absolute Gasteiger partial charge is 0.464 e. The maximum absolute atomic E-state index is 12.5. The molecule has 0 aliphatic carbocycles. The second-order valence-corrected chi connectivity index (χ2v) is 7.38. The Hall–Kier alpha value is -2.05. The fourth-order valence-corrected chi connectivity index (χ4v) is 3.52. The molecular weight excluding hydrogens is 378 g/mol. The van der Waals surface area contributed by atoms with Crippen molar-refractivity contribution in [2.45, 2.75) is 64.5 Å². The summed E-state index contributed by atoms with van der Waals surface area (Å²) in [5, 5.41) is 2.18. The van der Waals surface area contributed by atoms with Crippen molar-refractivity contribution in [2.24, 2.45) is 0 Å². The molecule has 2 aromatic rings. The van der Waals surface area contributed by atoms with E-state index in [1.165, 1.54) is 0 Å². The minimum absolute atomic E-state index is 0.235. The summed E-state index contributed by atoms with van der Waals surface area (Å²) in [5.41, 5.74) is 1.64. The minimum atomic E-state index is -0.666. The molecule has 28 heavy (non-hydrogen) atoms. The lowest BCUT2D eigenvalue weighted by Gasteiger charge is -2.24. The van der Waals surface area contributed by atoms with Gasteiger partial charge in [-0.1, -0.05) is 56.5 Å². The van der Waals surface area contributed by atoms with Crippen LogP contribution in [0.3, 0.4) is 0 Å². The predicted octanol–water partition coefficient (Wildman–Crippen LogP) is 5.00. The maximum atomic E-state index is 12.5. The molecule has 6 nitrogen and oxygen atoms in total. The number of carbonyl (C=O) groups is 1. The third kappa shape index (κ3) is 4.86. The first-order chi connectivity index (χ1) is 13.6. The molecule has 0 spiro atoms. The number of para-hydroxylation sites is 1. The highest BCUT2D eigenvalue weighted by molar-refractivity contribution is 6.30. The van der Waals surface area contributed by atoms with Crippen LogP contribution in [0.25, 0.3) is 0 Å². The number of carbonyl (C=O) groups excluding carboxylic acids is 1. The van der Waals surface area contributed by atoms with Crippen LogP contribution < -0.4 is 5.06 Å². The van der Waals surface area contributed by atoms with Gasteiger partial charge >= 0.3 is 5.97 Å². The van der Waals surface area contributed by atoms with Gasteiger partial charge in [-0.2, -0.15) is 0 Å². The predicted molar refractivity (Wildman–Crippen MR) is 109 cm³/mol. The van der Waals surface area contributed by atoms with E-state index in [9.17, 15) is 4.79 Å². The average Bonchev–Trinajstić information content (AvgIpc) is 3.30. The van der Waals surface area contributed by atoms with E-state index in [2.05, 4.69) is 23.8 Å². The van der Waals surface area contributed by atoms with E-state index in [1.54, 1.807) is 5.06 Å². The Bertz CT molecular complexity index is 766. The number of hydrogen-bond acceptors (Lipinski definition) is 5. The zero-order chi connectivity index (χ0) is 19.9. The van der Waals surface area contributed by atoms with Crippen LogP contribution in [-0.4, -0.2) is 28.6 Å². The van der Waals surface area contributed by atoms with Gasteiger partial charge in [0.15, 0.2) is 11.3 Å². The average molecular weight is 406 g/mol. The zero-order valence-corrected chi connectivity index (χ0v) is 17.2. The number of rotatable bonds is 9. The number of halogens is 1. The minimum Gasteiger partial charge on any atom is -0.464 e. The van der Waals surface area contributed by atoms with E-state index in [-0.39, 0.29) is 12.0 Å². The summed E-state index contributed by atoms with van der Waals surface area (Å²) in [6.07, 6.45) is 4.58. The number of esters is 1. The third-order valence-electron chi connectivity index (χ3n) is 4.81. The lowest BCUT2D eigenvalue weighted by atomic mass is 10.1. The molecule has 1 aromatic heterocycles. The summed E-state index contributed by atoms with van der Waals surface area (Å²) in [5.74, 6) is 0.530. The Kier molecular flexibility index (Phi) is 7.34. The first kappa shape index (κ1) is 20.7. The lowest BCUT2D eigenvalue weighted by Crippen LogP contribution is -2.26. The van der Waals surface area contributed by atoms with Gasteiger partial charge in [0.2, 0.25) is 0 Å². The van der Waals surface area contributed by atoms with Crippen LogP contribution in [0.15, 0.2) is 30.3 Å². The number of hydroxylamine groups is 1. The first-order valence-corrected chi connectivity index (χ1v) is 10.4. The molecule has 1 N–H and O–H groups in total. The number of benzene rings is 1. The number of aromatic nitrogens is 2. The monoisotopic (exact) mass is 405 g/mol. The number of ether oxygens (including phenoxy) is 1. The molecule has 0 saturated carbocycles. The molecule has 0 bridgehead atoms. The number of H-pyrrole nitrogens is 1. The Balaban J connectivity index is 1.82. The second kappa shape index (κ2) is 9.94. The normalized spacial score (nSPS) is 19.2. The van der Waals surface area contributed by atoms with Crippen LogP contribution in [0.5, 0.6) is 0 Å². The van der Waals surface area contributed by atoms with Crippen LogP contribution in [0.2, 0.25) is 5.15 Å². The van der Waals surface area contributed by atoms with Gasteiger partial charge in [-0.3, -0.25) is 4.84 Å². The summed E-state index contributed by atoms with van der Waals surface area (Å²) < 4.78 is 5.37. The van der Waals surface area contributed by atoms with E-state index in [4.69, 9.17) is 21.2 Å². The molecule has 0 amide bonds.